The van der Waals surface area contributed by atoms with Crippen LogP contribution in [0.1, 0.15) is 105 Å². The van der Waals surface area contributed by atoms with Gasteiger partial charge in [0.25, 0.3) is 0 Å². The van der Waals surface area contributed by atoms with Gasteiger partial charge < -0.3 is 63.3 Å². The number of thioether (sulfide) groups is 1. The van der Waals surface area contributed by atoms with Gasteiger partial charge in [0.1, 0.15) is 30.2 Å². The fourth-order valence-electron chi connectivity index (χ4n) is 9.26. The van der Waals surface area contributed by atoms with Gasteiger partial charge in [-0.1, -0.05) is 44.5 Å². The first-order valence-electron chi connectivity index (χ1n) is 26.7. The van der Waals surface area contributed by atoms with Crippen LogP contribution in [0.5, 0.6) is 0 Å². The molecule has 0 radical (unpaired) electrons. The lowest BCUT2D eigenvalue weighted by atomic mass is 9.90. The molecule has 2 aliphatic heterocycles. The normalized spacial score (nSPS) is 25.7. The molecule has 1 aromatic carbocycles. The Morgan fingerprint density at radius 1 is 0.800 bits per heavy atom. The number of aromatic amines is 1. The monoisotopic (exact) mass is 1130 g/mol. The highest BCUT2D eigenvalue weighted by atomic mass is 32.2. The number of imidazole rings is 1. The van der Waals surface area contributed by atoms with Crippen molar-refractivity contribution in [1.29, 1.82) is 0 Å². The average molecular weight is 1130 g/mol. The molecule has 13 N–H and O–H groups in total. The molecule has 4 heterocycles. The summed E-state index contributed by atoms with van der Waals surface area (Å²) in [5.74, 6) is -11.1. The number of aliphatic hydroxyl groups is 1. The molecule has 434 valence electrons. The Hall–Kier alpha value is -7.74. The molecular weight excluding hydrogens is 1050 g/mol. The number of nitrogens with zero attached hydrogens (tertiary/aromatic N) is 3. The summed E-state index contributed by atoms with van der Waals surface area (Å²) < 4.78 is 1.99. The van der Waals surface area contributed by atoms with Crippen molar-refractivity contribution in [1.82, 2.24) is 51.8 Å². The van der Waals surface area contributed by atoms with Gasteiger partial charge in [-0.05, 0) is 57.9 Å². The maximum absolute atomic E-state index is 14.3. The summed E-state index contributed by atoms with van der Waals surface area (Å²) in [5.41, 5.74) is 12.4. The van der Waals surface area contributed by atoms with Gasteiger partial charge in [0.15, 0.2) is 11.6 Å². The van der Waals surface area contributed by atoms with Gasteiger partial charge in [-0.2, -0.15) is 0 Å². The largest absolute Gasteiger partial charge is 0.391 e. The molecule has 3 aromatic rings. The number of nitrogens with one attached hydrogen (secondary N) is 8. The van der Waals surface area contributed by atoms with Gasteiger partial charge in [0.2, 0.25) is 53.2 Å². The summed E-state index contributed by atoms with van der Waals surface area (Å²) in [6.45, 7) is 9.22. The lowest BCUT2D eigenvalue weighted by Crippen LogP contribution is -2.61. The number of rotatable bonds is 11. The zero-order valence-corrected chi connectivity index (χ0v) is 46.7. The molecular formula is C54H75N13O12S. The number of aliphatic imine (C=N–C) groups is 1. The second-order valence-electron chi connectivity index (χ2n) is 20.9. The highest BCUT2D eigenvalue weighted by molar-refractivity contribution is 7.99. The van der Waals surface area contributed by atoms with Crippen molar-refractivity contribution < 1.29 is 57.8 Å². The van der Waals surface area contributed by atoms with E-state index in [1.807, 2.05) is 35.0 Å². The minimum atomic E-state index is -1.74. The van der Waals surface area contributed by atoms with E-state index in [2.05, 4.69) is 52.2 Å². The number of carbonyl (C=O) groups is 11. The van der Waals surface area contributed by atoms with E-state index in [0.717, 1.165) is 15.8 Å². The number of carbonyl (C=O) groups excluding carboxylic acids is 11. The summed E-state index contributed by atoms with van der Waals surface area (Å²) >= 11 is 1.30. The standard InChI is InChI=1S/C54H75N13O12S/c1-28(2)17-39-51(77)66-46(31(5)68)53(79)65-40(21-37-24-58-27-59-37)49(75)60-29(3)43(70)19-34(47(56)73)11-9-10-16-67-25-35-12-7-8-13-38(35)54(67)80-26-42(62-32(6)69)52(78)61-30(4)44(71)20-36(18-33-14-15-57-23-33)48(74)63-41(22-45(55)72)50(76)64-39/h7-8,12-13,15,23-25,27-31,34,36,39-42,46,68H,9-11,14,16-22,26H2,1-6H3,(H2,55,72)(H2,56,73)(H,58,59)(H,60,75)(H,61,78)(H,62,69)(H,63,74)(H,64,76)(H,65,79)(H,66,77)/t29-,30-,31+,34+,36+,39-,40-,41-,42-,46-/m0/s1. The van der Waals surface area contributed by atoms with E-state index in [9.17, 15) is 57.8 Å². The highest BCUT2D eigenvalue weighted by Gasteiger charge is 2.37. The molecule has 0 fully saturated rings. The number of amides is 9. The van der Waals surface area contributed by atoms with Crippen LogP contribution in [-0.2, 0) is 65.7 Å². The van der Waals surface area contributed by atoms with Gasteiger partial charge in [-0.25, -0.2) is 4.98 Å². The number of Topliss-reactive ketones (excluding diaryl/α,β-unsaturated/α-hetero) is 2. The first-order valence-corrected chi connectivity index (χ1v) is 27.7. The number of aryl methyl sites for hydroxylation is 1. The highest BCUT2D eigenvalue weighted by Crippen LogP contribution is 2.32. The molecule has 0 bridgehead atoms. The molecule has 10 atom stereocenters. The van der Waals surface area contributed by atoms with Crippen molar-refractivity contribution in [3.05, 3.63) is 60.5 Å². The number of hydrogen-bond donors (Lipinski definition) is 11. The van der Waals surface area contributed by atoms with E-state index < -0.39 is 138 Å². The second kappa shape index (κ2) is 30.0. The molecule has 5 rings (SSSR count). The van der Waals surface area contributed by atoms with Crippen molar-refractivity contribution in [2.45, 2.75) is 166 Å². The fourth-order valence-corrected chi connectivity index (χ4v) is 10.5. The molecule has 9 amide bonds. The maximum Gasteiger partial charge on any atom is 0.245 e. The van der Waals surface area contributed by atoms with Gasteiger partial charge in [0, 0.05) is 98.0 Å². The summed E-state index contributed by atoms with van der Waals surface area (Å²) in [4.78, 5) is 161. The topological polar surface area (TPSA) is 390 Å². The predicted octanol–water partition coefficient (Wildman–Crippen LogP) is 0.0233. The van der Waals surface area contributed by atoms with Crippen LogP contribution in [0.25, 0.3) is 10.8 Å². The Kier molecular flexibility index (Phi) is 23.7. The number of nitrogens with two attached hydrogens (primary N) is 2. The van der Waals surface area contributed by atoms with E-state index in [1.165, 1.54) is 58.2 Å². The molecule has 0 unspecified atom stereocenters. The van der Waals surface area contributed by atoms with Crippen LogP contribution < -0.4 is 48.7 Å². The predicted molar refractivity (Wildman–Crippen MR) is 296 cm³/mol. The summed E-state index contributed by atoms with van der Waals surface area (Å²) in [5, 5.41) is 31.5. The van der Waals surface area contributed by atoms with Crippen LogP contribution in [0, 0.1) is 17.8 Å². The van der Waals surface area contributed by atoms with Crippen molar-refractivity contribution in [3.63, 3.8) is 0 Å². The third-order valence-electron chi connectivity index (χ3n) is 13.7. The zero-order chi connectivity index (χ0) is 58.8. The summed E-state index contributed by atoms with van der Waals surface area (Å²) in [7, 11) is 0. The number of aliphatic hydroxyl groups excluding tert-OH is 1. The van der Waals surface area contributed by atoms with Gasteiger partial charge >= 0.3 is 0 Å². The maximum atomic E-state index is 14.3. The molecule has 25 nitrogen and oxygen atoms in total. The molecule has 26 heteroatoms. The number of aromatic nitrogens is 3. The molecule has 0 spiro atoms. The first kappa shape index (κ1) is 63.1. The number of allylic oxidation sites excluding steroid dienone is 1. The number of benzene rings is 1. The van der Waals surface area contributed by atoms with Gasteiger partial charge in [-0.3, -0.25) is 57.7 Å². The minimum Gasteiger partial charge on any atom is -0.391 e. The van der Waals surface area contributed by atoms with E-state index >= 15 is 0 Å². The Balaban J connectivity index is 1.50. The fraction of sp³-hybridized carbons (Fsp3) is 0.537. The lowest BCUT2D eigenvalue weighted by Gasteiger charge is -2.28. The van der Waals surface area contributed by atoms with E-state index in [4.69, 9.17) is 11.5 Å². The lowest BCUT2D eigenvalue weighted by molar-refractivity contribution is -0.137. The van der Waals surface area contributed by atoms with Crippen LogP contribution in [0.15, 0.2) is 64.8 Å². The van der Waals surface area contributed by atoms with Crippen LogP contribution in [0.4, 0.5) is 0 Å². The average Bonchev–Trinajstić information content (AvgIpc) is 4.19. The Bertz CT molecular complexity index is 2810. The van der Waals surface area contributed by atoms with Gasteiger partial charge in [-0.15, -0.1) is 11.8 Å². The van der Waals surface area contributed by atoms with Crippen LogP contribution in [0.2, 0.25) is 0 Å². The molecule has 80 heavy (non-hydrogen) atoms. The Labute approximate surface area is 467 Å². The quantitative estimate of drug-likeness (QED) is 0.121. The van der Waals surface area contributed by atoms with Crippen molar-refractivity contribution in [2.24, 2.45) is 34.2 Å². The van der Waals surface area contributed by atoms with E-state index in [1.54, 1.807) is 20.1 Å². The Morgan fingerprint density at radius 2 is 1.45 bits per heavy atom. The van der Waals surface area contributed by atoms with Gasteiger partial charge in [0.05, 0.1) is 36.0 Å². The number of ketones is 2. The number of fused-ring (bicyclic) bond motifs is 3. The van der Waals surface area contributed by atoms with Crippen LogP contribution in [-0.4, -0.2) is 145 Å². The SMILES string of the molecule is CC(=O)N[C@H]1CSc2c3ccccc3cn2CCCC[C@@H](C(N)=O)CC(=O)[C@H](C)NC(=O)[C@H](Cc2cnc[nH]2)NC(=O)[C@H]([C@@H](C)O)NC(=O)[C@H](CC(C)C)NC(=O)[C@H](CC(N)=O)NC(=O)[C@H](CC2=CN=CC2)CC(=O)[C@H](C)NC1=O. The molecule has 0 saturated heterocycles. The molecule has 2 aromatic heterocycles. The molecule has 0 aliphatic carbocycles. The zero-order valence-electron chi connectivity index (χ0n) is 45.9. The van der Waals surface area contributed by atoms with Crippen LogP contribution >= 0.6 is 11.8 Å². The van der Waals surface area contributed by atoms with E-state index in [0.29, 0.717) is 37.1 Å². The second-order valence-corrected chi connectivity index (χ2v) is 21.9. The summed E-state index contributed by atoms with van der Waals surface area (Å²) in [6.07, 6.45) is 6.00. The minimum absolute atomic E-state index is 0.0175. The van der Waals surface area contributed by atoms with E-state index in [-0.39, 0.29) is 43.8 Å². The van der Waals surface area contributed by atoms with Crippen molar-refractivity contribution >= 4 is 93.5 Å². The third kappa shape index (κ3) is 19.0. The number of primary amides is 2. The molecule has 0 saturated carbocycles. The van der Waals surface area contributed by atoms with Crippen LogP contribution in [0.3, 0.4) is 0 Å². The summed E-state index contributed by atoms with van der Waals surface area (Å²) in [6, 6.07) is -2.23. The van der Waals surface area contributed by atoms with Crippen molar-refractivity contribution in [2.75, 3.05) is 5.75 Å². The van der Waals surface area contributed by atoms with Crippen molar-refractivity contribution in [3.8, 4) is 0 Å². The Morgan fingerprint density at radius 3 is 2.08 bits per heavy atom. The number of H-pyrrole nitrogens is 1. The third-order valence-corrected chi connectivity index (χ3v) is 14.9. The first-order chi connectivity index (χ1) is 37.9. The molecule has 2 aliphatic rings. The number of hydrogen-bond acceptors (Lipinski definition) is 15. The smallest absolute Gasteiger partial charge is 0.245 e.